The fraction of sp³-hybridized carbons (Fsp3) is 0.407. The Morgan fingerprint density at radius 3 is 2.27 bits per heavy atom. The number of benzene rings is 2. The van der Waals surface area contributed by atoms with Crippen molar-refractivity contribution in [1.82, 2.24) is 4.90 Å². The number of sulfone groups is 1. The van der Waals surface area contributed by atoms with Crippen LogP contribution in [0.15, 0.2) is 61.2 Å². The second-order valence-electron chi connectivity index (χ2n) is 10.0. The summed E-state index contributed by atoms with van der Waals surface area (Å²) in [5.41, 5.74) is 1.23. The lowest BCUT2D eigenvalue weighted by Crippen LogP contribution is -2.59. The van der Waals surface area contributed by atoms with E-state index in [4.69, 9.17) is 27.9 Å². The summed E-state index contributed by atoms with van der Waals surface area (Å²) in [6.45, 7) is 10.2. The molecule has 1 saturated heterocycles. The van der Waals surface area contributed by atoms with Gasteiger partial charge in [-0.05, 0) is 63.1 Å². The Hall–Kier alpha value is -2.39. The van der Waals surface area contributed by atoms with Crippen molar-refractivity contribution in [2.24, 2.45) is 0 Å². The van der Waals surface area contributed by atoms with Gasteiger partial charge in [-0.3, -0.25) is 9.59 Å². The summed E-state index contributed by atoms with van der Waals surface area (Å²) >= 11 is 12.4. The van der Waals surface area contributed by atoms with Gasteiger partial charge in [0.2, 0.25) is 0 Å². The number of aliphatic carboxylic acids is 1. The summed E-state index contributed by atoms with van der Waals surface area (Å²) in [4.78, 5) is 27.0. The standard InChI is InChI=1S/C27H31Cl2NO6S/c1-6-21(16(2)37(34,35)27(3,4)5)30-24(17-10-12-19(28)13-11-17)25(18-8-7-9-20(29)14-18)36-22(26(30)33)15-23(31)32/h6-14,16,21-22,24-25H,1,15H2,2-5H3,(H,31,32). The summed E-state index contributed by atoms with van der Waals surface area (Å²) in [6, 6.07) is 11.8. The minimum absolute atomic E-state index is 0.429. The topological polar surface area (TPSA) is 101 Å². The highest BCUT2D eigenvalue weighted by molar-refractivity contribution is 7.93. The molecule has 0 saturated carbocycles. The van der Waals surface area contributed by atoms with E-state index in [0.29, 0.717) is 21.2 Å². The number of hydrogen-bond acceptors (Lipinski definition) is 5. The summed E-state index contributed by atoms with van der Waals surface area (Å²) in [6.07, 6.45) is -1.37. The molecular weight excluding hydrogens is 537 g/mol. The molecule has 7 nitrogen and oxygen atoms in total. The normalized spacial score (nSPS) is 22.4. The molecule has 0 aliphatic carbocycles. The summed E-state index contributed by atoms with van der Waals surface area (Å²) < 4.78 is 32.1. The highest BCUT2D eigenvalue weighted by atomic mass is 35.5. The molecule has 1 N–H and O–H groups in total. The molecular formula is C27H31Cl2NO6S. The lowest BCUT2D eigenvalue weighted by Gasteiger charge is -2.49. The number of rotatable bonds is 8. The SMILES string of the molecule is C=CC(C(C)S(=O)(=O)C(C)(C)C)N1C(=O)C(CC(=O)O)OC(c2cccc(Cl)c2)C1c1ccc(Cl)cc1. The number of hydrogen-bond donors (Lipinski definition) is 1. The van der Waals surface area contributed by atoms with Gasteiger partial charge in [0.15, 0.2) is 9.84 Å². The number of carbonyl (C=O) groups excluding carboxylic acids is 1. The molecule has 0 radical (unpaired) electrons. The first kappa shape index (κ1) is 29.2. The number of morpholine rings is 1. The van der Waals surface area contributed by atoms with Crippen molar-refractivity contribution >= 4 is 44.9 Å². The molecule has 5 atom stereocenters. The maximum atomic E-state index is 13.9. The second-order valence-corrected chi connectivity index (χ2v) is 14.0. The van der Waals surface area contributed by atoms with Gasteiger partial charge in [-0.1, -0.05) is 53.5 Å². The van der Waals surface area contributed by atoms with Crippen LogP contribution in [0.1, 0.15) is 57.4 Å². The van der Waals surface area contributed by atoms with E-state index >= 15 is 0 Å². The average Bonchev–Trinajstić information content (AvgIpc) is 2.81. The monoisotopic (exact) mass is 567 g/mol. The van der Waals surface area contributed by atoms with E-state index in [1.807, 2.05) is 0 Å². The first-order chi connectivity index (χ1) is 17.2. The van der Waals surface area contributed by atoms with E-state index in [9.17, 15) is 23.1 Å². The van der Waals surface area contributed by atoms with Crippen molar-refractivity contribution in [3.8, 4) is 0 Å². The van der Waals surface area contributed by atoms with Crippen molar-refractivity contribution in [2.45, 2.75) is 68.4 Å². The number of carboxylic acids is 1. The van der Waals surface area contributed by atoms with Crippen LogP contribution in [-0.4, -0.2) is 52.4 Å². The van der Waals surface area contributed by atoms with E-state index in [-0.39, 0.29) is 0 Å². The maximum Gasteiger partial charge on any atom is 0.306 e. The molecule has 1 amide bonds. The van der Waals surface area contributed by atoms with Crippen LogP contribution in [0.3, 0.4) is 0 Å². The minimum Gasteiger partial charge on any atom is -0.481 e. The first-order valence-electron chi connectivity index (χ1n) is 11.8. The van der Waals surface area contributed by atoms with E-state index in [1.165, 1.54) is 17.9 Å². The van der Waals surface area contributed by atoms with Gasteiger partial charge in [-0.2, -0.15) is 0 Å². The van der Waals surface area contributed by atoms with Crippen LogP contribution >= 0.6 is 23.2 Å². The first-order valence-corrected chi connectivity index (χ1v) is 14.1. The Kier molecular flexibility index (Phi) is 8.79. The molecule has 1 aliphatic heterocycles. The molecule has 3 rings (SSSR count). The fourth-order valence-electron chi connectivity index (χ4n) is 4.60. The predicted molar refractivity (Wildman–Crippen MR) is 144 cm³/mol. The third kappa shape index (κ3) is 6.03. The molecule has 0 spiro atoms. The van der Waals surface area contributed by atoms with Gasteiger partial charge in [0.25, 0.3) is 5.91 Å². The fourth-order valence-corrected chi connectivity index (χ4v) is 6.65. The lowest BCUT2D eigenvalue weighted by atomic mass is 9.89. The molecule has 5 unspecified atom stereocenters. The molecule has 2 aromatic carbocycles. The summed E-state index contributed by atoms with van der Waals surface area (Å²) in [5, 5.41) is 9.38. The van der Waals surface area contributed by atoms with Crippen LogP contribution < -0.4 is 0 Å². The van der Waals surface area contributed by atoms with E-state index < -0.39 is 62.4 Å². The summed E-state index contributed by atoms with van der Waals surface area (Å²) in [7, 11) is -3.77. The molecule has 10 heteroatoms. The van der Waals surface area contributed by atoms with Crippen molar-refractivity contribution in [3.05, 3.63) is 82.4 Å². The Labute approximate surface area is 227 Å². The van der Waals surface area contributed by atoms with Crippen molar-refractivity contribution in [3.63, 3.8) is 0 Å². The van der Waals surface area contributed by atoms with Gasteiger partial charge in [0.1, 0.15) is 12.2 Å². The summed E-state index contributed by atoms with van der Waals surface area (Å²) in [5.74, 6) is -1.86. The zero-order valence-electron chi connectivity index (χ0n) is 21.1. The minimum atomic E-state index is -3.77. The number of ether oxygens (including phenoxy) is 1. The Morgan fingerprint density at radius 2 is 1.76 bits per heavy atom. The van der Waals surface area contributed by atoms with E-state index in [2.05, 4.69) is 6.58 Å². The maximum absolute atomic E-state index is 13.9. The third-order valence-corrected chi connectivity index (χ3v) is 10.0. The lowest BCUT2D eigenvalue weighted by molar-refractivity contribution is -0.181. The van der Waals surface area contributed by atoms with Crippen molar-refractivity contribution < 1.29 is 27.9 Å². The zero-order chi connectivity index (χ0) is 27.7. The van der Waals surface area contributed by atoms with E-state index in [0.717, 1.165) is 0 Å². The molecule has 1 fully saturated rings. The Balaban J connectivity index is 2.27. The molecule has 1 heterocycles. The van der Waals surface area contributed by atoms with Gasteiger partial charge in [-0.25, -0.2) is 8.42 Å². The second kappa shape index (κ2) is 11.2. The highest BCUT2D eigenvalue weighted by Crippen LogP contribution is 2.45. The largest absolute Gasteiger partial charge is 0.481 e. The van der Waals surface area contributed by atoms with Gasteiger partial charge < -0.3 is 14.7 Å². The van der Waals surface area contributed by atoms with Crippen LogP contribution in [-0.2, 0) is 24.2 Å². The van der Waals surface area contributed by atoms with Crippen LogP contribution in [0.2, 0.25) is 10.0 Å². The van der Waals surface area contributed by atoms with Gasteiger partial charge in [0.05, 0.1) is 28.5 Å². The number of amides is 1. The van der Waals surface area contributed by atoms with Gasteiger partial charge in [-0.15, -0.1) is 6.58 Å². The van der Waals surface area contributed by atoms with Crippen LogP contribution in [0.4, 0.5) is 0 Å². The van der Waals surface area contributed by atoms with Gasteiger partial charge in [0, 0.05) is 10.0 Å². The highest BCUT2D eigenvalue weighted by Gasteiger charge is 2.50. The molecule has 0 bridgehead atoms. The third-order valence-electron chi connectivity index (χ3n) is 6.56. The molecule has 200 valence electrons. The number of carbonyl (C=O) groups is 2. The van der Waals surface area contributed by atoms with Crippen molar-refractivity contribution in [2.75, 3.05) is 0 Å². The number of halogens is 2. The van der Waals surface area contributed by atoms with Crippen LogP contribution in [0.5, 0.6) is 0 Å². The van der Waals surface area contributed by atoms with Crippen LogP contribution in [0, 0.1) is 0 Å². The molecule has 37 heavy (non-hydrogen) atoms. The molecule has 2 aromatic rings. The quantitative estimate of drug-likeness (QED) is 0.414. The Bertz CT molecular complexity index is 1270. The smallest absolute Gasteiger partial charge is 0.306 e. The van der Waals surface area contributed by atoms with E-state index in [1.54, 1.807) is 69.3 Å². The average molecular weight is 569 g/mol. The molecule has 0 aromatic heterocycles. The van der Waals surface area contributed by atoms with Crippen molar-refractivity contribution in [1.29, 1.82) is 0 Å². The molecule has 1 aliphatic rings. The van der Waals surface area contributed by atoms with Crippen LogP contribution in [0.25, 0.3) is 0 Å². The zero-order valence-corrected chi connectivity index (χ0v) is 23.4. The Morgan fingerprint density at radius 1 is 1.14 bits per heavy atom. The number of carboxylic acid groups (broad SMARTS) is 1. The predicted octanol–water partition coefficient (Wildman–Crippen LogP) is 5.63. The van der Waals surface area contributed by atoms with Gasteiger partial charge >= 0.3 is 5.97 Å². The number of nitrogens with zero attached hydrogens (tertiary/aromatic N) is 1.